The molecule has 0 aromatic heterocycles. The van der Waals surface area contributed by atoms with Gasteiger partial charge in [-0.15, -0.1) is 0 Å². The van der Waals surface area contributed by atoms with E-state index in [1.165, 1.54) is 0 Å². The molecule has 0 unspecified atom stereocenters. The van der Waals surface area contributed by atoms with Crippen LogP contribution in [0.4, 0.5) is 5.69 Å². The molecule has 2 aromatic carbocycles. The Hall–Kier alpha value is -1.80. The number of nitrogens with zero attached hydrogens (tertiary/aromatic N) is 1. The minimum Gasteiger partial charge on any atom is -0.507 e. The molecule has 16 heavy (non-hydrogen) atoms. The third-order valence-corrected chi connectivity index (χ3v) is 2.33. The molecule has 0 aliphatic rings. The number of aliphatic imine (C=N–C) groups is 1. The highest BCUT2D eigenvalue weighted by molar-refractivity contribution is 6.30. The van der Waals surface area contributed by atoms with Gasteiger partial charge in [0.2, 0.25) is 0 Å². The van der Waals surface area contributed by atoms with Gasteiger partial charge in [-0.05, 0) is 30.3 Å². The molecule has 0 amide bonds. The van der Waals surface area contributed by atoms with Crippen molar-refractivity contribution in [3.63, 3.8) is 0 Å². The van der Waals surface area contributed by atoms with Gasteiger partial charge in [0.05, 0.1) is 5.69 Å². The van der Waals surface area contributed by atoms with Crippen LogP contribution in [0.25, 0.3) is 0 Å². The Morgan fingerprint density at radius 3 is 2.62 bits per heavy atom. The first kappa shape index (κ1) is 10.7. The zero-order valence-corrected chi connectivity index (χ0v) is 9.22. The van der Waals surface area contributed by atoms with Gasteiger partial charge in [0.25, 0.3) is 0 Å². The van der Waals surface area contributed by atoms with E-state index in [1.807, 2.05) is 18.2 Å². The zero-order valence-electron chi connectivity index (χ0n) is 8.47. The smallest absolute Gasteiger partial charge is 0.124 e. The second-order valence-electron chi connectivity index (χ2n) is 3.30. The van der Waals surface area contributed by atoms with Crippen molar-refractivity contribution in [1.82, 2.24) is 0 Å². The Morgan fingerprint density at radius 2 is 1.88 bits per heavy atom. The largest absolute Gasteiger partial charge is 0.507 e. The molecule has 2 aromatic rings. The van der Waals surface area contributed by atoms with Crippen LogP contribution in [0, 0.1) is 0 Å². The van der Waals surface area contributed by atoms with Crippen LogP contribution < -0.4 is 0 Å². The van der Waals surface area contributed by atoms with E-state index in [0.29, 0.717) is 10.6 Å². The predicted molar refractivity (Wildman–Crippen MR) is 66.8 cm³/mol. The summed E-state index contributed by atoms with van der Waals surface area (Å²) in [5.74, 6) is 0.216. The van der Waals surface area contributed by atoms with E-state index >= 15 is 0 Å². The maximum atomic E-state index is 9.53. The Kier molecular flexibility index (Phi) is 3.22. The predicted octanol–water partition coefficient (Wildman–Crippen LogP) is 3.80. The van der Waals surface area contributed by atoms with Crippen LogP contribution >= 0.6 is 11.6 Å². The highest BCUT2D eigenvalue weighted by atomic mass is 35.5. The minimum atomic E-state index is 0.216. The second kappa shape index (κ2) is 4.81. The number of rotatable bonds is 2. The van der Waals surface area contributed by atoms with Crippen molar-refractivity contribution in [3.05, 3.63) is 59.1 Å². The fraction of sp³-hybridized carbons (Fsp3) is 0. The molecule has 0 aliphatic carbocycles. The number of benzene rings is 2. The lowest BCUT2D eigenvalue weighted by atomic mass is 10.2. The van der Waals surface area contributed by atoms with Gasteiger partial charge in [-0.2, -0.15) is 0 Å². The molecule has 2 nitrogen and oxygen atoms in total. The standard InChI is InChI=1S/C13H10ClNO/c14-11-5-3-6-12(8-11)15-9-10-4-1-2-7-13(10)16/h1-9,16H. The molecule has 0 fully saturated rings. The van der Waals surface area contributed by atoms with Crippen LogP contribution in [0.2, 0.25) is 5.02 Å². The van der Waals surface area contributed by atoms with E-state index in [1.54, 1.807) is 36.5 Å². The Balaban J connectivity index is 2.25. The van der Waals surface area contributed by atoms with E-state index in [-0.39, 0.29) is 5.75 Å². The summed E-state index contributed by atoms with van der Waals surface area (Å²) < 4.78 is 0. The van der Waals surface area contributed by atoms with Crippen molar-refractivity contribution < 1.29 is 5.11 Å². The fourth-order valence-electron chi connectivity index (χ4n) is 1.30. The monoisotopic (exact) mass is 231 g/mol. The summed E-state index contributed by atoms with van der Waals surface area (Å²) in [6.45, 7) is 0. The zero-order chi connectivity index (χ0) is 11.4. The second-order valence-corrected chi connectivity index (χ2v) is 3.73. The highest BCUT2D eigenvalue weighted by Crippen LogP contribution is 2.19. The van der Waals surface area contributed by atoms with Crippen molar-refractivity contribution in [2.24, 2.45) is 4.99 Å². The summed E-state index contributed by atoms with van der Waals surface area (Å²) in [7, 11) is 0. The van der Waals surface area contributed by atoms with Crippen molar-refractivity contribution in [2.45, 2.75) is 0 Å². The van der Waals surface area contributed by atoms with Gasteiger partial charge in [0, 0.05) is 16.8 Å². The molecular weight excluding hydrogens is 222 g/mol. The third kappa shape index (κ3) is 2.61. The lowest BCUT2D eigenvalue weighted by molar-refractivity contribution is 0.474. The van der Waals surface area contributed by atoms with Gasteiger partial charge in [0.1, 0.15) is 5.75 Å². The number of hydrogen-bond donors (Lipinski definition) is 1. The van der Waals surface area contributed by atoms with Crippen molar-refractivity contribution in [2.75, 3.05) is 0 Å². The number of phenolic OH excluding ortho intramolecular Hbond substituents is 1. The average Bonchev–Trinajstić information content (AvgIpc) is 2.28. The molecule has 0 bridgehead atoms. The molecule has 3 heteroatoms. The molecule has 0 aliphatic heterocycles. The van der Waals surface area contributed by atoms with Gasteiger partial charge in [0.15, 0.2) is 0 Å². The van der Waals surface area contributed by atoms with Gasteiger partial charge in [-0.25, -0.2) is 0 Å². The Labute approximate surface area is 98.8 Å². The molecule has 0 radical (unpaired) electrons. The highest BCUT2D eigenvalue weighted by Gasteiger charge is 1.95. The Morgan fingerprint density at radius 1 is 1.06 bits per heavy atom. The molecular formula is C13H10ClNO. The summed E-state index contributed by atoms with van der Waals surface area (Å²) in [4.78, 5) is 4.23. The van der Waals surface area contributed by atoms with E-state index < -0.39 is 0 Å². The summed E-state index contributed by atoms with van der Waals surface area (Å²) in [5.41, 5.74) is 1.44. The summed E-state index contributed by atoms with van der Waals surface area (Å²) in [6.07, 6.45) is 1.61. The molecule has 0 spiro atoms. The summed E-state index contributed by atoms with van der Waals surface area (Å²) in [5, 5.41) is 10.2. The average molecular weight is 232 g/mol. The maximum absolute atomic E-state index is 9.53. The van der Waals surface area contributed by atoms with Crippen LogP contribution in [-0.2, 0) is 0 Å². The van der Waals surface area contributed by atoms with E-state index in [0.717, 1.165) is 5.69 Å². The number of phenols is 1. The Bertz CT molecular complexity index is 523. The normalized spacial score (nSPS) is 10.8. The molecule has 0 saturated heterocycles. The lowest BCUT2D eigenvalue weighted by Gasteiger charge is -1.97. The minimum absolute atomic E-state index is 0.216. The molecule has 0 saturated carbocycles. The number of halogens is 1. The van der Waals surface area contributed by atoms with Crippen LogP contribution in [-0.4, -0.2) is 11.3 Å². The van der Waals surface area contributed by atoms with Crippen LogP contribution in [0.3, 0.4) is 0 Å². The van der Waals surface area contributed by atoms with Crippen molar-refractivity contribution >= 4 is 23.5 Å². The number of hydrogen-bond acceptors (Lipinski definition) is 2. The summed E-state index contributed by atoms with van der Waals surface area (Å²) in [6, 6.07) is 14.3. The lowest BCUT2D eigenvalue weighted by Crippen LogP contribution is -1.80. The fourth-order valence-corrected chi connectivity index (χ4v) is 1.48. The van der Waals surface area contributed by atoms with E-state index in [4.69, 9.17) is 11.6 Å². The van der Waals surface area contributed by atoms with Crippen molar-refractivity contribution in [1.29, 1.82) is 0 Å². The molecule has 0 heterocycles. The third-order valence-electron chi connectivity index (χ3n) is 2.10. The van der Waals surface area contributed by atoms with Crippen LogP contribution in [0.1, 0.15) is 5.56 Å². The molecule has 1 N–H and O–H groups in total. The molecule has 80 valence electrons. The van der Waals surface area contributed by atoms with E-state index in [9.17, 15) is 5.11 Å². The first-order chi connectivity index (χ1) is 7.75. The molecule has 0 atom stereocenters. The first-order valence-electron chi connectivity index (χ1n) is 4.83. The summed E-state index contributed by atoms with van der Waals surface area (Å²) >= 11 is 5.83. The van der Waals surface area contributed by atoms with Gasteiger partial charge >= 0.3 is 0 Å². The number of aromatic hydroxyl groups is 1. The van der Waals surface area contributed by atoms with Crippen LogP contribution in [0.15, 0.2) is 53.5 Å². The quantitative estimate of drug-likeness (QED) is 0.784. The maximum Gasteiger partial charge on any atom is 0.124 e. The van der Waals surface area contributed by atoms with Crippen molar-refractivity contribution in [3.8, 4) is 5.75 Å². The topological polar surface area (TPSA) is 32.6 Å². The van der Waals surface area contributed by atoms with Gasteiger partial charge in [-0.1, -0.05) is 29.8 Å². The van der Waals surface area contributed by atoms with E-state index in [2.05, 4.69) is 4.99 Å². The number of para-hydroxylation sites is 1. The first-order valence-corrected chi connectivity index (χ1v) is 5.21. The van der Waals surface area contributed by atoms with Crippen LogP contribution in [0.5, 0.6) is 5.75 Å². The SMILES string of the molecule is Oc1ccccc1C=Nc1cccc(Cl)c1. The van der Waals surface area contributed by atoms with Gasteiger partial charge < -0.3 is 5.11 Å². The van der Waals surface area contributed by atoms with Gasteiger partial charge in [-0.3, -0.25) is 4.99 Å². The molecule has 2 rings (SSSR count).